The third kappa shape index (κ3) is 2.71. The Hall–Kier alpha value is -2.30. The van der Waals surface area contributed by atoms with Crippen molar-refractivity contribution in [3.05, 3.63) is 36.4 Å². The lowest BCUT2D eigenvalue weighted by Gasteiger charge is -2.35. The molecule has 1 aliphatic heterocycles. The molecule has 0 spiro atoms. The summed E-state index contributed by atoms with van der Waals surface area (Å²) in [6.45, 7) is 0.197. The Kier molecular flexibility index (Phi) is 4.13. The summed E-state index contributed by atoms with van der Waals surface area (Å²) in [5.74, 6) is 0.100. The van der Waals surface area contributed by atoms with Crippen molar-refractivity contribution in [3.8, 4) is 5.75 Å². The van der Waals surface area contributed by atoms with Gasteiger partial charge < -0.3 is 14.4 Å². The summed E-state index contributed by atoms with van der Waals surface area (Å²) in [6, 6.07) is 7.30. The first-order valence-electron chi connectivity index (χ1n) is 7.50. The molecule has 5 nitrogen and oxygen atoms in total. The number of methoxy groups -OCH3 is 1. The van der Waals surface area contributed by atoms with Gasteiger partial charge in [0, 0.05) is 5.92 Å². The third-order valence-electron chi connectivity index (χ3n) is 4.12. The fraction of sp³-hybridized carbons (Fsp3) is 0.412. The van der Waals surface area contributed by atoms with Gasteiger partial charge in [-0.15, -0.1) is 0 Å². The number of carbonyl (C=O) groups is 2. The smallest absolute Gasteiger partial charge is 0.348 e. The van der Waals surface area contributed by atoms with Crippen LogP contribution in [0, 0.1) is 5.92 Å². The molecule has 1 aliphatic carbocycles. The molecule has 1 heterocycles. The monoisotopic (exact) mass is 301 g/mol. The van der Waals surface area contributed by atoms with Gasteiger partial charge in [-0.2, -0.15) is 0 Å². The highest BCUT2D eigenvalue weighted by Crippen LogP contribution is 2.35. The first-order valence-corrected chi connectivity index (χ1v) is 7.50. The molecular formula is C17H19NO4. The number of carbonyl (C=O) groups excluding carboxylic acids is 2. The van der Waals surface area contributed by atoms with Crippen molar-refractivity contribution in [2.45, 2.75) is 25.4 Å². The zero-order valence-corrected chi connectivity index (χ0v) is 12.5. The summed E-state index contributed by atoms with van der Waals surface area (Å²) in [4.78, 5) is 26.4. The number of rotatable bonds is 2. The fourth-order valence-corrected chi connectivity index (χ4v) is 2.94. The molecule has 0 N–H and O–H groups in total. The molecule has 0 bridgehead atoms. The van der Waals surface area contributed by atoms with E-state index in [1.807, 2.05) is 18.2 Å². The Bertz CT molecular complexity index is 610. The van der Waals surface area contributed by atoms with Gasteiger partial charge in [-0.1, -0.05) is 24.3 Å². The van der Waals surface area contributed by atoms with E-state index < -0.39 is 12.1 Å². The topological polar surface area (TPSA) is 55.8 Å². The molecule has 0 saturated heterocycles. The number of benzene rings is 1. The van der Waals surface area contributed by atoms with Gasteiger partial charge in [-0.05, 0) is 31.4 Å². The zero-order chi connectivity index (χ0) is 15.5. The maximum absolute atomic E-state index is 12.9. The quantitative estimate of drug-likeness (QED) is 0.621. The van der Waals surface area contributed by atoms with E-state index >= 15 is 0 Å². The van der Waals surface area contributed by atoms with Crippen LogP contribution in [-0.4, -0.2) is 31.6 Å². The van der Waals surface area contributed by atoms with Crippen LogP contribution < -0.4 is 9.64 Å². The molecule has 2 atom stereocenters. The number of esters is 1. The molecule has 0 fully saturated rings. The summed E-state index contributed by atoms with van der Waals surface area (Å²) in [6.07, 6.45) is 5.90. The van der Waals surface area contributed by atoms with Gasteiger partial charge in [0.2, 0.25) is 12.0 Å². The number of amides is 1. The predicted octanol–water partition coefficient (Wildman–Crippen LogP) is 2.31. The number of allylic oxidation sites excluding steroid dienone is 2. The normalized spacial score (nSPS) is 23.4. The van der Waals surface area contributed by atoms with Crippen LogP contribution in [0.4, 0.5) is 5.69 Å². The first-order chi connectivity index (χ1) is 10.7. The molecule has 0 unspecified atom stereocenters. The molecular weight excluding hydrogens is 282 g/mol. The average Bonchev–Trinajstić information content (AvgIpc) is 2.60. The van der Waals surface area contributed by atoms with Crippen LogP contribution >= 0.6 is 0 Å². The third-order valence-corrected chi connectivity index (χ3v) is 4.12. The van der Waals surface area contributed by atoms with Gasteiger partial charge in [0.15, 0.2) is 0 Å². The summed E-state index contributed by atoms with van der Waals surface area (Å²) in [7, 11) is 1.32. The predicted molar refractivity (Wildman–Crippen MR) is 81.7 cm³/mol. The maximum Gasteiger partial charge on any atom is 0.348 e. The van der Waals surface area contributed by atoms with Crippen molar-refractivity contribution in [2.24, 2.45) is 5.92 Å². The Morgan fingerprint density at radius 3 is 2.82 bits per heavy atom. The van der Waals surface area contributed by atoms with E-state index in [0.717, 1.165) is 24.9 Å². The van der Waals surface area contributed by atoms with Gasteiger partial charge in [0.05, 0.1) is 19.3 Å². The number of hydrogen-bond donors (Lipinski definition) is 0. The van der Waals surface area contributed by atoms with Crippen LogP contribution in [0.5, 0.6) is 5.75 Å². The van der Waals surface area contributed by atoms with Gasteiger partial charge in [-0.3, -0.25) is 4.79 Å². The van der Waals surface area contributed by atoms with Crippen molar-refractivity contribution < 1.29 is 19.1 Å². The molecule has 116 valence electrons. The minimum Gasteiger partial charge on any atom is -0.475 e. The number of nitrogens with zero attached hydrogens (tertiary/aromatic N) is 1. The van der Waals surface area contributed by atoms with Gasteiger partial charge in [0.1, 0.15) is 5.75 Å². The summed E-state index contributed by atoms with van der Waals surface area (Å²) in [5.41, 5.74) is 0.724. The standard InChI is InChI=1S/C17H19NO4/c1-21-17(20)15-11-18(13-9-5-6-10-14(13)22-15)16(19)12-7-3-2-4-8-12/h2-3,5-6,9-10,12,15H,4,7-8,11H2,1H3/t12-,15-/m0/s1. The van der Waals surface area contributed by atoms with E-state index in [2.05, 4.69) is 12.2 Å². The Balaban J connectivity index is 1.89. The molecule has 1 aromatic rings. The number of hydrogen-bond acceptors (Lipinski definition) is 4. The van der Waals surface area contributed by atoms with E-state index in [-0.39, 0.29) is 18.4 Å². The molecule has 0 aromatic heterocycles. The Morgan fingerprint density at radius 1 is 1.27 bits per heavy atom. The van der Waals surface area contributed by atoms with Crippen molar-refractivity contribution in [1.82, 2.24) is 0 Å². The van der Waals surface area contributed by atoms with Crippen LogP contribution in [-0.2, 0) is 14.3 Å². The average molecular weight is 301 g/mol. The van der Waals surface area contributed by atoms with Gasteiger partial charge in [-0.25, -0.2) is 4.79 Å². The molecule has 0 saturated carbocycles. The lowest BCUT2D eigenvalue weighted by atomic mass is 9.92. The summed E-state index contributed by atoms with van der Waals surface area (Å²) in [5, 5.41) is 0. The lowest BCUT2D eigenvalue weighted by Crippen LogP contribution is -2.49. The number of anilines is 1. The molecule has 2 aliphatic rings. The molecule has 0 radical (unpaired) electrons. The largest absolute Gasteiger partial charge is 0.475 e. The van der Waals surface area contributed by atoms with Crippen molar-refractivity contribution in [1.29, 1.82) is 0 Å². The minimum atomic E-state index is -0.775. The van der Waals surface area contributed by atoms with E-state index in [1.54, 1.807) is 11.0 Å². The van der Waals surface area contributed by atoms with E-state index in [9.17, 15) is 9.59 Å². The highest BCUT2D eigenvalue weighted by Gasteiger charge is 2.36. The summed E-state index contributed by atoms with van der Waals surface area (Å²) < 4.78 is 10.4. The van der Waals surface area contributed by atoms with Crippen LogP contribution in [0.15, 0.2) is 36.4 Å². The Labute approximate surface area is 129 Å². The highest BCUT2D eigenvalue weighted by atomic mass is 16.6. The second kappa shape index (κ2) is 6.22. The molecule has 1 aromatic carbocycles. The number of fused-ring (bicyclic) bond motifs is 1. The van der Waals surface area contributed by atoms with Crippen LogP contribution in [0.3, 0.4) is 0 Å². The second-order valence-electron chi connectivity index (χ2n) is 5.53. The SMILES string of the molecule is COC(=O)[C@@H]1CN(C(=O)[C@H]2CC=CCC2)c2ccccc2O1. The van der Waals surface area contributed by atoms with Crippen LogP contribution in [0.1, 0.15) is 19.3 Å². The van der Waals surface area contributed by atoms with Crippen LogP contribution in [0.2, 0.25) is 0 Å². The first kappa shape index (κ1) is 14.6. The maximum atomic E-state index is 12.9. The molecule has 1 amide bonds. The second-order valence-corrected chi connectivity index (χ2v) is 5.53. The lowest BCUT2D eigenvalue weighted by molar-refractivity contribution is -0.148. The van der Waals surface area contributed by atoms with Gasteiger partial charge in [0.25, 0.3) is 0 Å². The number of ether oxygens (including phenoxy) is 2. The van der Waals surface area contributed by atoms with Crippen molar-refractivity contribution >= 4 is 17.6 Å². The van der Waals surface area contributed by atoms with E-state index in [4.69, 9.17) is 9.47 Å². The molecule has 5 heteroatoms. The van der Waals surface area contributed by atoms with Gasteiger partial charge >= 0.3 is 5.97 Å². The van der Waals surface area contributed by atoms with E-state index in [1.165, 1.54) is 7.11 Å². The summed E-state index contributed by atoms with van der Waals surface area (Å²) >= 11 is 0. The Morgan fingerprint density at radius 2 is 2.09 bits per heavy atom. The van der Waals surface area contributed by atoms with Crippen molar-refractivity contribution in [2.75, 3.05) is 18.6 Å². The molecule has 22 heavy (non-hydrogen) atoms. The van der Waals surface area contributed by atoms with E-state index in [0.29, 0.717) is 5.75 Å². The molecule has 3 rings (SSSR count). The fourth-order valence-electron chi connectivity index (χ4n) is 2.94. The minimum absolute atomic E-state index is 0.0329. The zero-order valence-electron chi connectivity index (χ0n) is 12.5. The highest BCUT2D eigenvalue weighted by molar-refractivity contribution is 5.98. The van der Waals surface area contributed by atoms with Crippen LogP contribution in [0.25, 0.3) is 0 Å². The number of para-hydroxylation sites is 2. The van der Waals surface area contributed by atoms with Crippen molar-refractivity contribution in [3.63, 3.8) is 0 Å².